The number of benzene rings is 2. The first-order chi connectivity index (χ1) is 18.9. The van der Waals surface area contributed by atoms with E-state index in [0.717, 1.165) is 21.2 Å². The summed E-state index contributed by atoms with van der Waals surface area (Å²) in [5.41, 5.74) is 1.11. The summed E-state index contributed by atoms with van der Waals surface area (Å²) in [4.78, 5) is 54.1. The third kappa shape index (κ3) is 7.58. The Morgan fingerprint density at radius 2 is 1.65 bits per heavy atom. The third-order valence-corrected chi connectivity index (χ3v) is 9.48. The zero-order valence-electron chi connectivity index (χ0n) is 24.4. The second-order valence-corrected chi connectivity index (χ2v) is 13.8. The van der Waals surface area contributed by atoms with E-state index in [2.05, 4.69) is 10.6 Å². The largest absolute Gasteiger partial charge is 0.357 e. The fourth-order valence-electron chi connectivity index (χ4n) is 5.34. The lowest BCUT2D eigenvalue weighted by Gasteiger charge is -2.29. The number of hydrogen-bond acceptors (Lipinski definition) is 6. The summed E-state index contributed by atoms with van der Waals surface area (Å²) < 4.78 is 20.1. The molecule has 2 N–H and O–H groups in total. The van der Waals surface area contributed by atoms with Gasteiger partial charge in [0.2, 0.25) is 25.1 Å². The second-order valence-electron chi connectivity index (χ2n) is 11.3. The monoisotopic (exact) mass is 571 g/mol. The Morgan fingerprint density at radius 3 is 2.25 bits per heavy atom. The Labute approximate surface area is 236 Å². The van der Waals surface area contributed by atoms with E-state index >= 15 is 0 Å². The van der Waals surface area contributed by atoms with Gasteiger partial charge >= 0.3 is 0 Å². The SMILES string of the molecule is CCOP(=O)(CC(CC(C)C)C(=O)N[C@@H](CC(C)C)C(=O)NC)CN1C(=O)Cc2cccc3cccc(c23)C1=O. The normalized spacial score (nSPS) is 16.6. The van der Waals surface area contributed by atoms with Gasteiger partial charge in [-0.05, 0) is 54.0 Å². The first-order valence-electron chi connectivity index (χ1n) is 14.0. The van der Waals surface area contributed by atoms with Crippen molar-refractivity contribution in [3.63, 3.8) is 0 Å². The Kier molecular flexibility index (Phi) is 10.7. The van der Waals surface area contributed by atoms with Crippen LogP contribution in [0.25, 0.3) is 10.8 Å². The van der Waals surface area contributed by atoms with Gasteiger partial charge in [0, 0.05) is 24.7 Å². The molecule has 2 aromatic carbocycles. The lowest BCUT2D eigenvalue weighted by Crippen LogP contribution is -2.49. The van der Waals surface area contributed by atoms with Crippen molar-refractivity contribution < 1.29 is 28.3 Å². The first-order valence-corrected chi connectivity index (χ1v) is 16.0. The van der Waals surface area contributed by atoms with Crippen molar-refractivity contribution in [1.82, 2.24) is 15.5 Å². The average Bonchev–Trinajstić information content (AvgIpc) is 2.98. The van der Waals surface area contributed by atoms with Crippen molar-refractivity contribution in [3.8, 4) is 0 Å². The van der Waals surface area contributed by atoms with Gasteiger partial charge in [0.15, 0.2) is 0 Å². The van der Waals surface area contributed by atoms with Gasteiger partial charge in [0.05, 0.1) is 13.0 Å². The summed E-state index contributed by atoms with van der Waals surface area (Å²) in [6, 6.07) is 10.2. The highest BCUT2D eigenvalue weighted by Gasteiger charge is 2.39. The van der Waals surface area contributed by atoms with Crippen LogP contribution in [0.5, 0.6) is 0 Å². The third-order valence-electron chi connectivity index (χ3n) is 7.04. The van der Waals surface area contributed by atoms with Crippen LogP contribution >= 0.6 is 7.37 Å². The van der Waals surface area contributed by atoms with Crippen LogP contribution in [0.3, 0.4) is 0 Å². The lowest BCUT2D eigenvalue weighted by molar-refractivity contribution is -0.131. The van der Waals surface area contributed by atoms with E-state index in [1.165, 1.54) is 7.05 Å². The van der Waals surface area contributed by atoms with Gasteiger partial charge in [-0.15, -0.1) is 0 Å². The molecule has 2 unspecified atom stereocenters. The molecule has 218 valence electrons. The van der Waals surface area contributed by atoms with Crippen molar-refractivity contribution >= 4 is 41.8 Å². The van der Waals surface area contributed by atoms with Crippen molar-refractivity contribution in [2.75, 3.05) is 26.1 Å². The molecule has 0 saturated heterocycles. The molecular formula is C30H42N3O6P. The smallest absolute Gasteiger partial charge is 0.261 e. The molecule has 0 aromatic heterocycles. The molecule has 2 aromatic rings. The van der Waals surface area contributed by atoms with E-state index in [0.29, 0.717) is 18.4 Å². The van der Waals surface area contributed by atoms with Crippen LogP contribution < -0.4 is 10.6 Å². The fourth-order valence-corrected chi connectivity index (χ4v) is 7.82. The summed E-state index contributed by atoms with van der Waals surface area (Å²) in [6.45, 7) is 9.62. The molecular weight excluding hydrogens is 529 g/mol. The Balaban J connectivity index is 1.91. The zero-order chi connectivity index (χ0) is 29.6. The number of nitrogens with zero attached hydrogens (tertiary/aromatic N) is 1. The minimum Gasteiger partial charge on any atom is -0.357 e. The van der Waals surface area contributed by atoms with Gasteiger partial charge in [-0.3, -0.25) is 28.6 Å². The number of likely N-dealkylation sites (N-methyl/N-ethyl adjacent to an activating group) is 1. The van der Waals surface area contributed by atoms with Crippen molar-refractivity contribution in [1.29, 1.82) is 0 Å². The summed E-state index contributed by atoms with van der Waals surface area (Å²) in [5, 5.41) is 7.02. The van der Waals surface area contributed by atoms with E-state index in [1.54, 1.807) is 19.1 Å². The molecule has 0 saturated carbocycles. The molecule has 0 fully saturated rings. The summed E-state index contributed by atoms with van der Waals surface area (Å²) in [5.74, 6) is -2.18. The maximum absolute atomic E-state index is 14.3. The molecule has 4 amide bonds. The number of amides is 4. The van der Waals surface area contributed by atoms with Gasteiger partial charge in [-0.1, -0.05) is 58.0 Å². The number of rotatable bonds is 13. The maximum Gasteiger partial charge on any atom is 0.261 e. The van der Waals surface area contributed by atoms with Gasteiger partial charge in [-0.25, -0.2) is 0 Å². The summed E-state index contributed by atoms with van der Waals surface area (Å²) >= 11 is 0. The van der Waals surface area contributed by atoms with E-state index in [4.69, 9.17) is 4.52 Å². The first kappa shape index (κ1) is 31.5. The molecule has 0 spiro atoms. The Bertz CT molecular complexity index is 1300. The van der Waals surface area contributed by atoms with Gasteiger partial charge in [0.1, 0.15) is 12.3 Å². The number of nitrogens with one attached hydrogen (secondary N) is 2. The molecule has 9 nitrogen and oxygen atoms in total. The molecule has 1 heterocycles. The second kappa shape index (κ2) is 13.6. The maximum atomic E-state index is 14.3. The average molecular weight is 572 g/mol. The van der Waals surface area contributed by atoms with Crippen LogP contribution in [0.1, 0.15) is 63.4 Å². The van der Waals surface area contributed by atoms with Crippen LogP contribution in [0.4, 0.5) is 0 Å². The van der Waals surface area contributed by atoms with Crippen molar-refractivity contribution in [2.45, 2.75) is 59.9 Å². The molecule has 3 atom stereocenters. The highest BCUT2D eigenvalue weighted by molar-refractivity contribution is 7.59. The predicted molar refractivity (Wildman–Crippen MR) is 156 cm³/mol. The van der Waals surface area contributed by atoms with Gasteiger partial charge in [0.25, 0.3) is 5.91 Å². The molecule has 40 heavy (non-hydrogen) atoms. The molecule has 0 bridgehead atoms. The number of carbonyl (C=O) groups excluding carboxylic acids is 4. The van der Waals surface area contributed by atoms with Gasteiger partial charge < -0.3 is 15.2 Å². The zero-order valence-corrected chi connectivity index (χ0v) is 25.3. The van der Waals surface area contributed by atoms with Crippen LogP contribution in [0.2, 0.25) is 0 Å². The standard InChI is InChI=1S/C30H42N3O6P/c1-7-39-40(38,17-23(14-19(2)3)28(35)32-25(15-20(4)5)29(36)31-6)18-33-26(34)16-22-12-8-10-21-11-9-13-24(27(21)22)30(33)37/h8-13,19-20,23,25H,7,14-18H2,1-6H3,(H,31,36)(H,32,35)/t23?,25-,40?/m0/s1. The van der Waals surface area contributed by atoms with Crippen LogP contribution in [-0.4, -0.2) is 60.7 Å². The fraction of sp³-hybridized carbons (Fsp3) is 0.533. The minimum absolute atomic E-state index is 0.00879. The molecule has 1 aliphatic heterocycles. The predicted octanol–water partition coefficient (Wildman–Crippen LogP) is 4.58. The molecule has 10 heteroatoms. The van der Waals surface area contributed by atoms with Crippen LogP contribution in [0.15, 0.2) is 36.4 Å². The number of carbonyl (C=O) groups is 4. The highest BCUT2D eigenvalue weighted by atomic mass is 31.2. The quantitative estimate of drug-likeness (QED) is 0.268. The molecule has 3 rings (SSSR count). The van der Waals surface area contributed by atoms with Crippen molar-refractivity contribution in [3.05, 3.63) is 47.5 Å². The Hall–Kier alpha value is -3.03. The minimum atomic E-state index is -3.70. The topological polar surface area (TPSA) is 122 Å². The molecule has 0 radical (unpaired) electrons. The number of imide groups is 1. The molecule has 0 aliphatic carbocycles. The summed E-state index contributed by atoms with van der Waals surface area (Å²) in [6.07, 6.45) is 0.269. The highest BCUT2D eigenvalue weighted by Crippen LogP contribution is 2.50. The Morgan fingerprint density at radius 1 is 1.00 bits per heavy atom. The van der Waals surface area contributed by atoms with E-state index < -0.39 is 43.3 Å². The van der Waals surface area contributed by atoms with E-state index in [1.807, 2.05) is 52.0 Å². The van der Waals surface area contributed by atoms with E-state index in [9.17, 15) is 23.7 Å². The van der Waals surface area contributed by atoms with Gasteiger partial charge in [-0.2, -0.15) is 0 Å². The molecule has 1 aliphatic rings. The van der Waals surface area contributed by atoms with Crippen LogP contribution in [0, 0.1) is 17.8 Å². The summed E-state index contributed by atoms with van der Waals surface area (Å²) in [7, 11) is -2.18. The van der Waals surface area contributed by atoms with Crippen molar-refractivity contribution in [2.24, 2.45) is 17.8 Å². The van der Waals surface area contributed by atoms with Crippen LogP contribution in [-0.2, 0) is 29.9 Å². The lowest BCUT2D eigenvalue weighted by atomic mass is 9.96. The number of hydrogen-bond donors (Lipinski definition) is 2. The van der Waals surface area contributed by atoms with E-state index in [-0.39, 0.29) is 36.9 Å².